The minimum absolute atomic E-state index is 0.0595. The van der Waals surface area contributed by atoms with Crippen molar-refractivity contribution in [1.29, 1.82) is 0 Å². The highest BCUT2D eigenvalue weighted by Gasteiger charge is 2.23. The molecule has 0 spiro atoms. The van der Waals surface area contributed by atoms with Gasteiger partial charge in [-0.1, -0.05) is 90.5 Å². The van der Waals surface area contributed by atoms with E-state index in [0.717, 1.165) is 27.3 Å². The molecule has 0 aliphatic carbocycles. The van der Waals surface area contributed by atoms with E-state index in [4.69, 9.17) is 11.6 Å². The molecule has 5 aromatic rings. The fraction of sp³-hybridized carbons (Fsp3) is 0.0789. The number of carbonyl (C=O) groups excluding carboxylic acids is 3. The number of rotatable bonds is 10. The summed E-state index contributed by atoms with van der Waals surface area (Å²) in [6, 6.07) is 38.3. The second kappa shape index (κ2) is 15.3. The summed E-state index contributed by atoms with van der Waals surface area (Å²) in [6.07, 6.45) is 1.59. The first-order valence-electron chi connectivity index (χ1n) is 14.6. The molecule has 1 unspecified atom stereocenters. The van der Waals surface area contributed by atoms with Crippen molar-refractivity contribution < 1.29 is 14.4 Å². The highest BCUT2D eigenvalue weighted by molar-refractivity contribution is 8.00. The SMILES string of the molecule is Cc1cccc(NC(=O)C(Sc2cccc(NC(=O)/C(=C\c3ccc(Cl)cc3)NC(=O)c3ccccc3)c2)c2ccccc2)c1C. The monoisotopic (exact) mass is 645 g/mol. The summed E-state index contributed by atoms with van der Waals surface area (Å²) >= 11 is 7.43. The first-order chi connectivity index (χ1) is 22.3. The van der Waals surface area contributed by atoms with Crippen LogP contribution in [0.25, 0.3) is 6.08 Å². The molecule has 0 aliphatic rings. The van der Waals surface area contributed by atoms with Gasteiger partial charge in [0.25, 0.3) is 11.8 Å². The summed E-state index contributed by atoms with van der Waals surface area (Å²) in [4.78, 5) is 41.1. The topological polar surface area (TPSA) is 87.3 Å². The molecule has 0 aromatic heterocycles. The lowest BCUT2D eigenvalue weighted by Crippen LogP contribution is -2.30. The zero-order chi connectivity index (χ0) is 32.5. The summed E-state index contributed by atoms with van der Waals surface area (Å²) in [5, 5.41) is 8.76. The van der Waals surface area contributed by atoms with Crippen LogP contribution in [-0.2, 0) is 9.59 Å². The third-order valence-electron chi connectivity index (χ3n) is 7.26. The Hall–Kier alpha value is -5.11. The predicted octanol–water partition coefficient (Wildman–Crippen LogP) is 8.84. The highest BCUT2D eigenvalue weighted by Crippen LogP contribution is 2.37. The Balaban J connectivity index is 1.38. The van der Waals surface area contributed by atoms with Gasteiger partial charge in [0.05, 0.1) is 0 Å². The van der Waals surface area contributed by atoms with E-state index in [1.54, 1.807) is 60.7 Å². The number of aryl methyl sites for hydroxylation is 1. The van der Waals surface area contributed by atoms with Gasteiger partial charge in [0.15, 0.2) is 0 Å². The Labute approximate surface area is 277 Å². The summed E-state index contributed by atoms with van der Waals surface area (Å²) in [6.45, 7) is 4.00. The molecule has 5 aromatic carbocycles. The van der Waals surface area contributed by atoms with Crippen LogP contribution in [0, 0.1) is 13.8 Å². The zero-order valence-electron chi connectivity index (χ0n) is 25.3. The number of benzene rings is 5. The molecule has 0 fully saturated rings. The molecule has 0 aliphatic heterocycles. The van der Waals surface area contributed by atoms with Crippen molar-refractivity contribution in [2.24, 2.45) is 0 Å². The molecule has 1 atom stereocenters. The number of thioether (sulfide) groups is 1. The zero-order valence-corrected chi connectivity index (χ0v) is 26.9. The lowest BCUT2D eigenvalue weighted by Gasteiger charge is -2.19. The van der Waals surface area contributed by atoms with Crippen LogP contribution in [0.2, 0.25) is 5.02 Å². The molecule has 6 nitrogen and oxygen atoms in total. The number of anilines is 2. The van der Waals surface area contributed by atoms with Gasteiger partial charge in [-0.2, -0.15) is 0 Å². The Bertz CT molecular complexity index is 1880. The van der Waals surface area contributed by atoms with Crippen molar-refractivity contribution in [1.82, 2.24) is 5.32 Å². The van der Waals surface area contributed by atoms with E-state index >= 15 is 0 Å². The Morgan fingerprint density at radius 3 is 2.13 bits per heavy atom. The maximum atomic E-state index is 13.7. The first-order valence-corrected chi connectivity index (χ1v) is 15.9. The van der Waals surface area contributed by atoms with Gasteiger partial charge in [0.2, 0.25) is 5.91 Å². The van der Waals surface area contributed by atoms with E-state index < -0.39 is 17.1 Å². The third-order valence-corrected chi connectivity index (χ3v) is 8.76. The number of hydrogen-bond acceptors (Lipinski definition) is 4. The van der Waals surface area contributed by atoms with Gasteiger partial charge in [0.1, 0.15) is 10.9 Å². The fourth-order valence-corrected chi connectivity index (χ4v) is 5.84. The standard InChI is InChI=1S/C38H32ClN3O3S/c1-25-11-9-18-33(26(25)2)41-38(45)35(28-12-5-3-6-13-28)46-32-17-10-16-31(24-32)40-37(44)34(23-27-19-21-30(39)22-20-27)42-36(43)29-14-7-4-8-15-29/h3-24,35H,1-2H3,(H,40,44)(H,41,45)(H,42,43)/b34-23+. The van der Waals surface area contributed by atoms with Gasteiger partial charge in [-0.3, -0.25) is 14.4 Å². The molecule has 3 N–H and O–H groups in total. The Kier molecular flexibility index (Phi) is 10.7. The van der Waals surface area contributed by atoms with Crippen LogP contribution >= 0.6 is 23.4 Å². The fourth-order valence-electron chi connectivity index (χ4n) is 4.64. The van der Waals surface area contributed by atoms with Gasteiger partial charge in [-0.25, -0.2) is 0 Å². The summed E-state index contributed by atoms with van der Waals surface area (Å²) in [5.74, 6) is -1.08. The molecule has 8 heteroatoms. The van der Waals surface area contributed by atoms with Crippen molar-refractivity contribution >= 4 is 58.5 Å². The van der Waals surface area contributed by atoms with Gasteiger partial charge >= 0.3 is 0 Å². The largest absolute Gasteiger partial charge is 0.325 e. The number of halogens is 1. The third kappa shape index (κ3) is 8.53. The molecule has 0 heterocycles. The summed E-state index contributed by atoms with van der Waals surface area (Å²) < 4.78 is 0. The molecule has 0 saturated heterocycles. The number of hydrogen-bond donors (Lipinski definition) is 3. The molecule has 230 valence electrons. The second-order valence-electron chi connectivity index (χ2n) is 10.6. The van der Waals surface area contributed by atoms with E-state index in [1.165, 1.54) is 11.8 Å². The molecular formula is C38H32ClN3O3S. The van der Waals surface area contributed by atoms with Crippen molar-refractivity contribution in [3.63, 3.8) is 0 Å². The van der Waals surface area contributed by atoms with Crippen LogP contribution in [0.1, 0.15) is 37.9 Å². The number of nitrogens with one attached hydrogen (secondary N) is 3. The van der Waals surface area contributed by atoms with E-state index in [-0.39, 0.29) is 11.6 Å². The molecule has 5 rings (SSSR count). The molecule has 0 radical (unpaired) electrons. The predicted molar refractivity (Wildman–Crippen MR) is 188 cm³/mol. The van der Waals surface area contributed by atoms with Crippen LogP contribution in [0.4, 0.5) is 11.4 Å². The first kappa shape index (κ1) is 32.3. The lowest BCUT2D eigenvalue weighted by atomic mass is 10.1. The quantitative estimate of drug-likeness (QED) is 0.105. The maximum Gasteiger partial charge on any atom is 0.272 e. The minimum atomic E-state index is -0.558. The Morgan fingerprint density at radius 2 is 1.41 bits per heavy atom. The maximum absolute atomic E-state index is 13.7. The van der Waals surface area contributed by atoms with Crippen LogP contribution in [0.3, 0.4) is 0 Å². The van der Waals surface area contributed by atoms with E-state index in [1.807, 2.05) is 86.6 Å². The van der Waals surface area contributed by atoms with Crippen molar-refractivity contribution in [2.45, 2.75) is 24.0 Å². The van der Waals surface area contributed by atoms with Gasteiger partial charge < -0.3 is 16.0 Å². The second-order valence-corrected chi connectivity index (χ2v) is 12.2. The van der Waals surface area contributed by atoms with Crippen molar-refractivity contribution in [2.75, 3.05) is 10.6 Å². The van der Waals surface area contributed by atoms with E-state index in [0.29, 0.717) is 21.8 Å². The van der Waals surface area contributed by atoms with Crippen LogP contribution in [-0.4, -0.2) is 17.7 Å². The molecule has 46 heavy (non-hydrogen) atoms. The lowest BCUT2D eigenvalue weighted by molar-refractivity contribution is -0.116. The summed E-state index contributed by atoms with van der Waals surface area (Å²) in [5.41, 5.74) is 5.40. The van der Waals surface area contributed by atoms with Crippen LogP contribution < -0.4 is 16.0 Å². The summed E-state index contributed by atoms with van der Waals surface area (Å²) in [7, 11) is 0. The van der Waals surface area contributed by atoms with Crippen LogP contribution in [0.15, 0.2) is 138 Å². The van der Waals surface area contributed by atoms with Gasteiger partial charge in [-0.05, 0) is 90.7 Å². The molecular weight excluding hydrogens is 614 g/mol. The smallest absolute Gasteiger partial charge is 0.272 e. The van der Waals surface area contributed by atoms with Crippen molar-refractivity contribution in [3.8, 4) is 0 Å². The van der Waals surface area contributed by atoms with Crippen LogP contribution in [0.5, 0.6) is 0 Å². The number of amides is 3. The highest BCUT2D eigenvalue weighted by atomic mass is 35.5. The van der Waals surface area contributed by atoms with Gasteiger partial charge in [0, 0.05) is 26.9 Å². The van der Waals surface area contributed by atoms with E-state index in [2.05, 4.69) is 16.0 Å². The molecule has 3 amide bonds. The van der Waals surface area contributed by atoms with Crippen molar-refractivity contribution in [3.05, 3.63) is 166 Å². The average molecular weight is 646 g/mol. The number of carbonyl (C=O) groups is 3. The molecule has 0 bridgehead atoms. The average Bonchev–Trinajstić information content (AvgIpc) is 3.07. The van der Waals surface area contributed by atoms with E-state index in [9.17, 15) is 14.4 Å². The normalized spacial score (nSPS) is 11.8. The van der Waals surface area contributed by atoms with Gasteiger partial charge in [-0.15, -0.1) is 11.8 Å². The minimum Gasteiger partial charge on any atom is -0.325 e. The Morgan fingerprint density at radius 1 is 0.739 bits per heavy atom. The molecule has 0 saturated carbocycles.